The third-order valence-electron chi connectivity index (χ3n) is 3.77. The first-order chi connectivity index (χ1) is 9.76. The van der Waals surface area contributed by atoms with Crippen LogP contribution >= 0.6 is 12.2 Å². The normalized spacial score (nSPS) is 16.9. The van der Waals surface area contributed by atoms with Crippen molar-refractivity contribution in [2.24, 2.45) is 0 Å². The molecule has 1 aromatic rings. The number of para-hydroxylation sites is 1. The first kappa shape index (κ1) is 15.2. The average Bonchev–Trinajstić information content (AvgIpc) is 2.52. The zero-order chi connectivity index (χ0) is 14.4. The van der Waals surface area contributed by atoms with Gasteiger partial charge in [0, 0.05) is 37.4 Å². The van der Waals surface area contributed by atoms with Crippen LogP contribution in [0.15, 0.2) is 24.3 Å². The Balaban J connectivity index is 2.05. The predicted octanol–water partition coefficient (Wildman–Crippen LogP) is 2.38. The van der Waals surface area contributed by atoms with Crippen molar-refractivity contribution in [3.63, 3.8) is 0 Å². The van der Waals surface area contributed by atoms with Crippen LogP contribution in [0.25, 0.3) is 0 Å². The Morgan fingerprint density at radius 1 is 1.45 bits per heavy atom. The van der Waals surface area contributed by atoms with Gasteiger partial charge in [-0.15, -0.1) is 0 Å². The van der Waals surface area contributed by atoms with Gasteiger partial charge in [0.25, 0.3) is 6.47 Å². The third-order valence-corrected chi connectivity index (χ3v) is 4.36. The molecule has 20 heavy (non-hydrogen) atoms. The van der Waals surface area contributed by atoms with Gasteiger partial charge >= 0.3 is 0 Å². The number of nitrogens with zero attached hydrogens (tertiary/aromatic N) is 2. The van der Waals surface area contributed by atoms with E-state index in [-0.39, 0.29) is 0 Å². The van der Waals surface area contributed by atoms with Crippen molar-refractivity contribution in [2.45, 2.75) is 25.5 Å². The van der Waals surface area contributed by atoms with E-state index < -0.39 is 0 Å². The van der Waals surface area contributed by atoms with Crippen LogP contribution in [-0.4, -0.2) is 41.5 Å². The fourth-order valence-corrected chi connectivity index (χ4v) is 2.98. The number of benzene rings is 1. The second-order valence-electron chi connectivity index (χ2n) is 4.89. The summed E-state index contributed by atoms with van der Waals surface area (Å²) in [6, 6.07) is 8.42. The van der Waals surface area contributed by atoms with E-state index in [1.807, 2.05) is 22.5 Å². The molecule has 0 radical (unpaired) electrons. The van der Waals surface area contributed by atoms with E-state index in [0.717, 1.165) is 49.4 Å². The van der Waals surface area contributed by atoms with Gasteiger partial charge in [0.05, 0.1) is 12.2 Å². The summed E-state index contributed by atoms with van der Waals surface area (Å²) in [6.07, 6.45) is 2.01. The number of ether oxygens (including phenoxy) is 1. The standard InChI is InChI=1S/C14H20N2O3S/c1-15(13-6-8-16(20-18)9-7-13)14-5-3-2-4-12(14)10-19-11-17/h2-5,11,13,18H,6-10H2,1H3. The maximum atomic E-state index is 10.4. The fraction of sp³-hybridized carbons (Fsp3) is 0.500. The van der Waals surface area contributed by atoms with Gasteiger partial charge in [-0.25, -0.2) is 4.31 Å². The van der Waals surface area contributed by atoms with Crippen LogP contribution in [0.3, 0.4) is 0 Å². The lowest BCUT2D eigenvalue weighted by Crippen LogP contribution is -2.41. The molecule has 1 fully saturated rings. The molecule has 6 heteroatoms. The van der Waals surface area contributed by atoms with E-state index in [2.05, 4.69) is 18.0 Å². The minimum absolute atomic E-state index is 0.301. The lowest BCUT2D eigenvalue weighted by atomic mass is 10.0. The molecule has 0 saturated carbocycles. The molecule has 5 nitrogen and oxygen atoms in total. The molecular weight excluding hydrogens is 276 g/mol. The molecular formula is C14H20N2O3S. The summed E-state index contributed by atoms with van der Waals surface area (Å²) in [5, 5.41) is 0. The molecule has 0 unspecified atom stereocenters. The second kappa shape index (κ2) is 7.52. The highest BCUT2D eigenvalue weighted by atomic mass is 32.2. The lowest BCUT2D eigenvalue weighted by Gasteiger charge is -2.37. The molecule has 2 rings (SSSR count). The molecule has 1 saturated heterocycles. The molecule has 1 heterocycles. The van der Waals surface area contributed by atoms with E-state index >= 15 is 0 Å². The number of hydrogen-bond donors (Lipinski definition) is 1. The fourth-order valence-electron chi connectivity index (χ4n) is 2.61. The van der Waals surface area contributed by atoms with Gasteiger partial charge < -0.3 is 14.2 Å². The molecule has 0 aliphatic carbocycles. The van der Waals surface area contributed by atoms with Gasteiger partial charge in [0.2, 0.25) is 0 Å². The van der Waals surface area contributed by atoms with Crippen LogP contribution < -0.4 is 4.90 Å². The molecule has 0 aromatic heterocycles. The molecule has 1 aliphatic heterocycles. The van der Waals surface area contributed by atoms with Crippen molar-refractivity contribution in [1.29, 1.82) is 0 Å². The Labute approximate surface area is 123 Å². The van der Waals surface area contributed by atoms with Gasteiger partial charge in [-0.05, 0) is 18.9 Å². The van der Waals surface area contributed by atoms with E-state index in [1.165, 1.54) is 0 Å². The molecule has 0 spiro atoms. The van der Waals surface area contributed by atoms with E-state index in [1.54, 1.807) is 0 Å². The SMILES string of the molecule is CN(c1ccccc1COC=O)C1CCN(SO)CC1. The Morgan fingerprint density at radius 3 is 2.80 bits per heavy atom. The molecule has 0 bridgehead atoms. The van der Waals surface area contributed by atoms with Crippen molar-refractivity contribution in [3.05, 3.63) is 29.8 Å². The van der Waals surface area contributed by atoms with E-state index in [9.17, 15) is 4.79 Å². The first-order valence-electron chi connectivity index (χ1n) is 6.68. The molecule has 0 atom stereocenters. The van der Waals surface area contributed by atoms with Crippen molar-refractivity contribution in [2.75, 3.05) is 25.0 Å². The van der Waals surface area contributed by atoms with Gasteiger partial charge in [0.1, 0.15) is 6.61 Å². The molecule has 0 amide bonds. The zero-order valence-electron chi connectivity index (χ0n) is 11.6. The van der Waals surface area contributed by atoms with E-state index in [4.69, 9.17) is 9.29 Å². The summed E-state index contributed by atoms with van der Waals surface area (Å²) in [4.78, 5) is 12.6. The van der Waals surface area contributed by atoms with Crippen molar-refractivity contribution in [1.82, 2.24) is 4.31 Å². The number of hydrogen-bond acceptors (Lipinski definition) is 6. The van der Waals surface area contributed by atoms with Crippen LogP contribution in [-0.2, 0) is 16.1 Å². The monoisotopic (exact) mass is 296 g/mol. The minimum Gasteiger partial charge on any atom is -0.463 e. The number of anilines is 1. The van der Waals surface area contributed by atoms with Crippen molar-refractivity contribution >= 4 is 24.4 Å². The molecule has 110 valence electrons. The molecule has 1 aliphatic rings. The minimum atomic E-state index is 0.301. The summed E-state index contributed by atoms with van der Waals surface area (Å²) in [7, 11) is 2.08. The smallest absolute Gasteiger partial charge is 0.293 e. The van der Waals surface area contributed by atoms with Gasteiger partial charge in [-0.1, -0.05) is 18.2 Å². The third kappa shape index (κ3) is 3.65. The van der Waals surface area contributed by atoms with Crippen LogP contribution in [0.1, 0.15) is 18.4 Å². The Morgan fingerprint density at radius 2 is 2.15 bits per heavy atom. The number of carbonyl (C=O) groups is 1. The summed E-state index contributed by atoms with van der Waals surface area (Å²) in [6.45, 7) is 2.54. The summed E-state index contributed by atoms with van der Waals surface area (Å²) >= 11 is 0.826. The van der Waals surface area contributed by atoms with Gasteiger partial charge in [0.15, 0.2) is 0 Å². The zero-order valence-corrected chi connectivity index (χ0v) is 12.4. The highest BCUT2D eigenvalue weighted by Crippen LogP contribution is 2.27. The predicted molar refractivity (Wildman–Crippen MR) is 80.5 cm³/mol. The topological polar surface area (TPSA) is 53.0 Å². The molecule has 1 N–H and O–H groups in total. The van der Waals surface area contributed by atoms with Crippen LogP contribution in [0.5, 0.6) is 0 Å². The van der Waals surface area contributed by atoms with Crippen LogP contribution in [0.2, 0.25) is 0 Å². The maximum Gasteiger partial charge on any atom is 0.293 e. The first-order valence-corrected chi connectivity index (χ1v) is 7.41. The average molecular weight is 296 g/mol. The highest BCUT2D eigenvalue weighted by Gasteiger charge is 2.23. The van der Waals surface area contributed by atoms with Gasteiger partial charge in [-0.2, -0.15) is 0 Å². The number of piperidine rings is 1. The van der Waals surface area contributed by atoms with Crippen molar-refractivity contribution in [3.8, 4) is 0 Å². The Hall–Kier alpha value is -1.24. The largest absolute Gasteiger partial charge is 0.463 e. The van der Waals surface area contributed by atoms with Gasteiger partial charge in [-0.3, -0.25) is 4.79 Å². The Kier molecular flexibility index (Phi) is 5.70. The van der Waals surface area contributed by atoms with Crippen LogP contribution in [0, 0.1) is 0 Å². The van der Waals surface area contributed by atoms with E-state index in [0.29, 0.717) is 19.1 Å². The van der Waals surface area contributed by atoms with Crippen LogP contribution in [0.4, 0.5) is 5.69 Å². The summed E-state index contributed by atoms with van der Waals surface area (Å²) < 4.78 is 15.9. The number of carbonyl (C=O) groups excluding carboxylic acids is 1. The highest BCUT2D eigenvalue weighted by molar-refractivity contribution is 7.91. The summed E-state index contributed by atoms with van der Waals surface area (Å²) in [5.41, 5.74) is 2.12. The quantitative estimate of drug-likeness (QED) is 0.494. The summed E-state index contributed by atoms with van der Waals surface area (Å²) in [5.74, 6) is 0. The molecule has 1 aromatic carbocycles. The lowest BCUT2D eigenvalue weighted by molar-refractivity contribution is -0.129. The van der Waals surface area contributed by atoms with Crippen molar-refractivity contribution < 1.29 is 14.1 Å². The second-order valence-corrected chi connectivity index (χ2v) is 5.57. The number of rotatable bonds is 6. The Bertz CT molecular complexity index is 436. The maximum absolute atomic E-state index is 10.4.